The highest BCUT2D eigenvalue weighted by Crippen LogP contribution is 2.31. The molecule has 1 aromatic carbocycles. The predicted octanol–water partition coefficient (Wildman–Crippen LogP) is 0.958. The second-order valence-corrected chi connectivity index (χ2v) is 8.06. The van der Waals surface area contributed by atoms with Gasteiger partial charge in [-0.15, -0.1) is 0 Å². The van der Waals surface area contributed by atoms with Gasteiger partial charge >= 0.3 is 0 Å². The number of fused-ring (bicyclic) bond motifs is 1. The van der Waals surface area contributed by atoms with Crippen LogP contribution >= 0.6 is 0 Å². The fourth-order valence-electron chi connectivity index (χ4n) is 3.68. The number of carbonyl (C=O) groups excluding carboxylic acids is 3. The molecule has 1 atom stereocenters. The molecular weight excluding hydrogens is 462 g/mol. The van der Waals surface area contributed by atoms with Crippen molar-refractivity contribution in [1.82, 2.24) is 20.5 Å². The first-order chi connectivity index (χ1) is 16.7. The normalized spacial score (nSPS) is 16.5. The van der Waals surface area contributed by atoms with Crippen molar-refractivity contribution in [2.75, 3.05) is 32.8 Å². The van der Waals surface area contributed by atoms with E-state index in [1.807, 2.05) is 0 Å². The first kappa shape index (κ1) is 25.8. The maximum absolute atomic E-state index is 13.6. The van der Waals surface area contributed by atoms with Crippen molar-refractivity contribution in [2.45, 2.75) is 31.2 Å². The minimum absolute atomic E-state index is 0.0553. The van der Waals surface area contributed by atoms with E-state index in [1.165, 1.54) is 12.3 Å². The highest BCUT2D eigenvalue weighted by molar-refractivity contribution is 6.07. The summed E-state index contributed by atoms with van der Waals surface area (Å²) in [7, 11) is 0. The maximum Gasteiger partial charge on any atom is 0.268 e. The molecule has 0 spiro atoms. The number of benzene rings is 1. The SMILES string of the molecule is N#C[C@@H]1CC(F)(F)CN1C(=O)CNC(=O)c1ccnc2ccc(OCCCCNC(=O)CN)cc12. The molecule has 1 aromatic heterocycles. The summed E-state index contributed by atoms with van der Waals surface area (Å²) in [6.07, 6.45) is 2.12. The Morgan fingerprint density at radius 2 is 2.06 bits per heavy atom. The molecule has 1 aliphatic heterocycles. The van der Waals surface area contributed by atoms with E-state index in [0.29, 0.717) is 42.6 Å². The number of likely N-dealkylation sites (tertiary alicyclic amines) is 1. The Balaban J connectivity index is 1.59. The van der Waals surface area contributed by atoms with Crippen molar-refractivity contribution in [3.63, 3.8) is 0 Å². The summed E-state index contributed by atoms with van der Waals surface area (Å²) in [6, 6.07) is 7.02. The lowest BCUT2D eigenvalue weighted by Gasteiger charge is -2.19. The third-order valence-corrected chi connectivity index (χ3v) is 5.44. The Morgan fingerprint density at radius 1 is 1.26 bits per heavy atom. The zero-order chi connectivity index (χ0) is 25.4. The number of alkyl halides is 2. The van der Waals surface area contributed by atoms with Gasteiger partial charge in [-0.3, -0.25) is 19.4 Å². The standard InChI is InChI=1S/C23H26F2N6O4/c24-23(25)10-15(11-26)31(14-23)21(33)13-30-22(34)17-5-7-28-19-4-3-16(9-18(17)19)35-8-2-1-6-29-20(32)12-27/h3-5,7,9,15H,1-2,6,8,10,12-14,27H2,(H,29,32)(H,30,34)/t15-/m0/s1. The summed E-state index contributed by atoms with van der Waals surface area (Å²) < 4.78 is 32.9. The van der Waals surface area contributed by atoms with Crippen LogP contribution in [0.4, 0.5) is 8.78 Å². The number of ether oxygens (including phenoxy) is 1. The van der Waals surface area contributed by atoms with E-state index in [1.54, 1.807) is 24.3 Å². The quantitative estimate of drug-likeness (QED) is 0.422. The van der Waals surface area contributed by atoms with Crippen molar-refractivity contribution in [2.24, 2.45) is 5.73 Å². The second-order valence-electron chi connectivity index (χ2n) is 8.06. The van der Waals surface area contributed by atoms with Crippen molar-refractivity contribution in [1.29, 1.82) is 5.26 Å². The van der Waals surface area contributed by atoms with Crippen LogP contribution < -0.4 is 21.1 Å². The van der Waals surface area contributed by atoms with Crippen molar-refractivity contribution in [3.8, 4) is 11.8 Å². The lowest BCUT2D eigenvalue weighted by Crippen LogP contribution is -2.43. The molecule has 0 saturated carbocycles. The summed E-state index contributed by atoms with van der Waals surface area (Å²) in [5, 5.41) is 14.7. The molecule has 35 heavy (non-hydrogen) atoms. The minimum Gasteiger partial charge on any atom is -0.494 e. The summed E-state index contributed by atoms with van der Waals surface area (Å²) in [6.45, 7) is -0.540. The molecule has 0 unspecified atom stereocenters. The Morgan fingerprint density at radius 3 is 2.80 bits per heavy atom. The van der Waals surface area contributed by atoms with Crippen LogP contribution in [0.3, 0.4) is 0 Å². The van der Waals surface area contributed by atoms with Crippen LogP contribution in [-0.4, -0.2) is 72.4 Å². The van der Waals surface area contributed by atoms with Gasteiger partial charge < -0.3 is 26.0 Å². The number of rotatable bonds is 10. The zero-order valence-electron chi connectivity index (χ0n) is 18.9. The molecule has 0 radical (unpaired) electrons. The number of amides is 3. The highest BCUT2D eigenvalue weighted by atomic mass is 19.3. The topological polar surface area (TPSA) is 150 Å². The third-order valence-electron chi connectivity index (χ3n) is 5.44. The summed E-state index contributed by atoms with van der Waals surface area (Å²) in [5.74, 6) is -4.18. The van der Waals surface area contributed by atoms with Crippen LogP contribution in [0.2, 0.25) is 0 Å². The monoisotopic (exact) mass is 488 g/mol. The molecule has 3 rings (SSSR count). The van der Waals surface area contributed by atoms with Crippen LogP contribution in [0.5, 0.6) is 5.75 Å². The number of halogens is 2. The van der Waals surface area contributed by atoms with Crippen LogP contribution in [0.25, 0.3) is 10.9 Å². The molecule has 2 aromatic rings. The lowest BCUT2D eigenvalue weighted by atomic mass is 10.1. The molecule has 1 fully saturated rings. The Kier molecular flexibility index (Phi) is 8.48. The first-order valence-electron chi connectivity index (χ1n) is 11.1. The van der Waals surface area contributed by atoms with E-state index in [4.69, 9.17) is 15.7 Å². The van der Waals surface area contributed by atoms with Gasteiger partial charge in [-0.2, -0.15) is 5.26 Å². The summed E-state index contributed by atoms with van der Waals surface area (Å²) in [5.41, 5.74) is 5.99. The van der Waals surface area contributed by atoms with Crippen molar-refractivity contribution in [3.05, 3.63) is 36.0 Å². The second kappa shape index (κ2) is 11.5. The number of pyridine rings is 1. The zero-order valence-corrected chi connectivity index (χ0v) is 18.9. The van der Waals surface area contributed by atoms with Gasteiger partial charge in [0.05, 0.1) is 43.4 Å². The molecule has 0 bridgehead atoms. The van der Waals surface area contributed by atoms with Crippen LogP contribution in [0.15, 0.2) is 30.5 Å². The minimum atomic E-state index is -3.13. The van der Waals surface area contributed by atoms with Crippen molar-refractivity contribution >= 4 is 28.6 Å². The van der Waals surface area contributed by atoms with Gasteiger partial charge in [-0.1, -0.05) is 0 Å². The average molecular weight is 488 g/mol. The number of hydrogen-bond donors (Lipinski definition) is 3. The number of hydrogen-bond acceptors (Lipinski definition) is 7. The number of nitrogens with zero attached hydrogens (tertiary/aromatic N) is 3. The van der Waals surface area contributed by atoms with E-state index < -0.39 is 43.3 Å². The van der Waals surface area contributed by atoms with E-state index in [2.05, 4.69) is 15.6 Å². The van der Waals surface area contributed by atoms with Crippen LogP contribution in [0, 0.1) is 11.3 Å². The molecule has 4 N–H and O–H groups in total. The molecule has 1 aliphatic rings. The number of carbonyl (C=O) groups is 3. The Bertz CT molecular complexity index is 1140. The maximum atomic E-state index is 13.6. The molecule has 1 saturated heterocycles. The lowest BCUT2D eigenvalue weighted by molar-refractivity contribution is -0.131. The summed E-state index contributed by atoms with van der Waals surface area (Å²) >= 11 is 0. The average Bonchev–Trinajstić information content (AvgIpc) is 3.18. The van der Waals surface area contributed by atoms with Crippen molar-refractivity contribution < 1.29 is 27.9 Å². The van der Waals surface area contributed by atoms with Crippen LogP contribution in [-0.2, 0) is 9.59 Å². The first-order valence-corrected chi connectivity index (χ1v) is 11.1. The number of nitrogens with two attached hydrogens (primary N) is 1. The smallest absolute Gasteiger partial charge is 0.268 e. The number of unbranched alkanes of at least 4 members (excludes halogenated alkanes) is 1. The molecule has 12 heteroatoms. The largest absolute Gasteiger partial charge is 0.494 e. The van der Waals surface area contributed by atoms with E-state index in [0.717, 1.165) is 4.90 Å². The number of aromatic nitrogens is 1. The van der Waals surface area contributed by atoms with E-state index in [9.17, 15) is 23.2 Å². The Hall–Kier alpha value is -3.85. The molecule has 10 nitrogen and oxygen atoms in total. The van der Waals surface area contributed by atoms with Gasteiger partial charge in [0.15, 0.2) is 0 Å². The van der Waals surface area contributed by atoms with Gasteiger partial charge in [-0.05, 0) is 37.1 Å². The number of nitriles is 1. The van der Waals surface area contributed by atoms with Gasteiger partial charge in [-0.25, -0.2) is 8.78 Å². The number of nitrogens with one attached hydrogen (secondary N) is 2. The molecule has 2 heterocycles. The highest BCUT2D eigenvalue weighted by Gasteiger charge is 2.47. The third kappa shape index (κ3) is 6.83. The van der Waals surface area contributed by atoms with Gasteiger partial charge in [0.2, 0.25) is 11.8 Å². The van der Waals surface area contributed by atoms with Crippen LogP contribution in [0.1, 0.15) is 29.6 Å². The molecule has 186 valence electrons. The molecule has 3 amide bonds. The van der Waals surface area contributed by atoms with Gasteiger partial charge in [0.1, 0.15) is 11.8 Å². The fourth-order valence-corrected chi connectivity index (χ4v) is 3.68. The molecular formula is C23H26F2N6O4. The fraction of sp³-hybridized carbons (Fsp3) is 0.435. The van der Waals surface area contributed by atoms with Gasteiger partial charge in [0.25, 0.3) is 11.8 Å². The molecule has 0 aliphatic carbocycles. The van der Waals surface area contributed by atoms with Gasteiger partial charge in [0, 0.05) is 24.5 Å². The Labute approximate surface area is 200 Å². The predicted molar refractivity (Wildman–Crippen MR) is 122 cm³/mol. The van der Waals surface area contributed by atoms with E-state index >= 15 is 0 Å². The van der Waals surface area contributed by atoms with E-state index in [-0.39, 0.29) is 18.0 Å². The summed E-state index contributed by atoms with van der Waals surface area (Å²) in [4.78, 5) is 41.3.